The molecule has 0 fully saturated rings. The number of nitrogens with two attached hydrogens (primary N) is 1. The minimum atomic E-state index is -0.264. The fourth-order valence-electron chi connectivity index (χ4n) is 1.18. The molecule has 1 rings (SSSR count). The van der Waals surface area contributed by atoms with E-state index in [1.165, 1.54) is 0 Å². The van der Waals surface area contributed by atoms with E-state index in [-0.39, 0.29) is 5.91 Å². The Balaban J connectivity index is 2.29. The molecule has 1 amide bonds. The highest BCUT2D eigenvalue weighted by Crippen LogP contribution is 2.22. The third kappa shape index (κ3) is 4.81. The number of carbonyl (C=O) groups excluding carboxylic acids is 1. The van der Waals surface area contributed by atoms with Crippen molar-refractivity contribution >= 4 is 39.3 Å². The van der Waals surface area contributed by atoms with Gasteiger partial charge in [-0.25, -0.2) is 4.98 Å². The van der Waals surface area contributed by atoms with Crippen LogP contribution in [0, 0.1) is 0 Å². The van der Waals surface area contributed by atoms with Gasteiger partial charge < -0.3 is 11.1 Å². The zero-order valence-electron chi connectivity index (χ0n) is 8.67. The maximum Gasteiger partial charge on any atom is 0.217 e. The maximum atomic E-state index is 10.5. The van der Waals surface area contributed by atoms with Gasteiger partial charge in [0.1, 0.15) is 5.82 Å². The molecule has 0 saturated heterocycles. The van der Waals surface area contributed by atoms with Gasteiger partial charge in [-0.05, 0) is 34.8 Å². The van der Waals surface area contributed by atoms with Crippen LogP contribution in [0.5, 0.6) is 0 Å². The average Bonchev–Trinajstić information content (AvgIpc) is 2.20. The molecule has 0 aliphatic heterocycles. The first-order valence-corrected chi connectivity index (χ1v) is 6.10. The molecule has 6 heteroatoms. The first kappa shape index (κ1) is 13.3. The van der Waals surface area contributed by atoms with Gasteiger partial charge in [-0.15, -0.1) is 0 Å². The number of unbranched alkanes of at least 4 members (excludes halogenated alkanes) is 1. The number of carbonyl (C=O) groups is 1. The number of halogens is 2. The van der Waals surface area contributed by atoms with Crippen LogP contribution in [0.25, 0.3) is 0 Å². The molecule has 1 aromatic rings. The van der Waals surface area contributed by atoms with Crippen LogP contribution in [0.1, 0.15) is 19.3 Å². The highest BCUT2D eigenvalue weighted by molar-refractivity contribution is 9.10. The molecule has 0 radical (unpaired) electrons. The van der Waals surface area contributed by atoms with Gasteiger partial charge in [-0.2, -0.15) is 0 Å². The summed E-state index contributed by atoms with van der Waals surface area (Å²) in [5.41, 5.74) is 5.03. The molecule has 4 nitrogen and oxygen atoms in total. The molecule has 0 spiro atoms. The summed E-state index contributed by atoms with van der Waals surface area (Å²) in [5, 5.41) is 3.67. The molecular formula is C10H13BrClN3O. The van der Waals surface area contributed by atoms with Gasteiger partial charge in [0.05, 0.1) is 5.02 Å². The van der Waals surface area contributed by atoms with E-state index in [9.17, 15) is 4.79 Å². The van der Waals surface area contributed by atoms with Gasteiger partial charge in [-0.3, -0.25) is 4.79 Å². The van der Waals surface area contributed by atoms with Crippen molar-refractivity contribution < 1.29 is 4.79 Å². The number of aromatic nitrogens is 1. The Morgan fingerprint density at radius 3 is 2.94 bits per heavy atom. The highest BCUT2D eigenvalue weighted by Gasteiger charge is 2.01. The molecule has 0 aliphatic carbocycles. The number of hydrogen-bond acceptors (Lipinski definition) is 3. The molecular weight excluding hydrogens is 293 g/mol. The lowest BCUT2D eigenvalue weighted by molar-refractivity contribution is -0.118. The molecule has 1 heterocycles. The van der Waals surface area contributed by atoms with Gasteiger partial charge in [0.25, 0.3) is 0 Å². The molecule has 3 N–H and O–H groups in total. The minimum absolute atomic E-state index is 0.264. The molecule has 0 saturated carbocycles. The summed E-state index contributed by atoms with van der Waals surface area (Å²) in [4.78, 5) is 14.6. The van der Waals surface area contributed by atoms with Gasteiger partial charge in [0, 0.05) is 23.6 Å². The Hall–Kier alpha value is -0.810. The number of rotatable bonds is 6. The van der Waals surface area contributed by atoms with Crippen molar-refractivity contribution in [2.45, 2.75) is 19.3 Å². The number of nitrogens with zero attached hydrogens (tertiary/aromatic N) is 1. The summed E-state index contributed by atoms with van der Waals surface area (Å²) in [6.07, 6.45) is 3.73. The van der Waals surface area contributed by atoms with Crippen molar-refractivity contribution in [1.82, 2.24) is 4.98 Å². The summed E-state index contributed by atoms with van der Waals surface area (Å²) in [5.74, 6) is 0.392. The Labute approximate surface area is 108 Å². The largest absolute Gasteiger partial charge is 0.370 e. The predicted molar refractivity (Wildman–Crippen MR) is 68.5 cm³/mol. The molecule has 16 heavy (non-hydrogen) atoms. The number of amides is 1. The fraction of sp³-hybridized carbons (Fsp3) is 0.400. The van der Waals surface area contributed by atoms with E-state index in [4.69, 9.17) is 17.3 Å². The van der Waals surface area contributed by atoms with Crippen molar-refractivity contribution in [3.05, 3.63) is 21.8 Å². The van der Waals surface area contributed by atoms with Crippen molar-refractivity contribution in [2.24, 2.45) is 5.73 Å². The summed E-state index contributed by atoms with van der Waals surface area (Å²) >= 11 is 9.24. The Kier molecular flexibility index (Phi) is 5.55. The van der Waals surface area contributed by atoms with E-state index >= 15 is 0 Å². The van der Waals surface area contributed by atoms with Crippen LogP contribution in [-0.2, 0) is 4.79 Å². The van der Waals surface area contributed by atoms with Crippen molar-refractivity contribution in [2.75, 3.05) is 11.9 Å². The van der Waals surface area contributed by atoms with E-state index in [0.717, 1.165) is 23.9 Å². The maximum absolute atomic E-state index is 10.5. The third-order valence-electron chi connectivity index (χ3n) is 1.95. The molecule has 1 aromatic heterocycles. The van der Waals surface area contributed by atoms with E-state index in [1.54, 1.807) is 12.3 Å². The molecule has 0 unspecified atom stereocenters. The Bertz CT molecular complexity index is 373. The summed E-state index contributed by atoms with van der Waals surface area (Å²) in [6, 6.07) is 1.78. The average molecular weight is 307 g/mol. The fourth-order valence-corrected chi connectivity index (χ4v) is 1.87. The van der Waals surface area contributed by atoms with Crippen LogP contribution in [0.4, 0.5) is 5.82 Å². The normalized spacial score (nSPS) is 10.1. The number of pyridine rings is 1. The van der Waals surface area contributed by atoms with Gasteiger partial charge in [0.15, 0.2) is 0 Å². The zero-order chi connectivity index (χ0) is 12.0. The van der Waals surface area contributed by atoms with Crippen LogP contribution in [0.15, 0.2) is 16.7 Å². The van der Waals surface area contributed by atoms with E-state index in [0.29, 0.717) is 17.3 Å². The highest BCUT2D eigenvalue weighted by atomic mass is 79.9. The lowest BCUT2D eigenvalue weighted by Gasteiger charge is -2.06. The minimum Gasteiger partial charge on any atom is -0.370 e. The molecule has 0 aliphatic rings. The van der Waals surface area contributed by atoms with Crippen molar-refractivity contribution in [3.8, 4) is 0 Å². The molecule has 88 valence electrons. The first-order valence-electron chi connectivity index (χ1n) is 4.93. The molecule has 0 aromatic carbocycles. The number of hydrogen-bond donors (Lipinski definition) is 2. The summed E-state index contributed by atoms with van der Waals surface area (Å²) in [6.45, 7) is 0.724. The van der Waals surface area contributed by atoms with E-state index in [2.05, 4.69) is 26.2 Å². The number of primary amides is 1. The lowest BCUT2D eigenvalue weighted by Crippen LogP contribution is -2.11. The van der Waals surface area contributed by atoms with E-state index in [1.807, 2.05) is 0 Å². The second-order valence-electron chi connectivity index (χ2n) is 3.33. The van der Waals surface area contributed by atoms with Crippen molar-refractivity contribution in [1.29, 1.82) is 0 Å². The quantitative estimate of drug-likeness (QED) is 0.794. The SMILES string of the molecule is NC(=O)CCCCNc1ncc(Br)cc1Cl. The van der Waals surface area contributed by atoms with Crippen LogP contribution in [-0.4, -0.2) is 17.4 Å². The standard InChI is InChI=1S/C10H13BrClN3O/c11-7-5-8(12)10(15-6-7)14-4-2-1-3-9(13)16/h5-6H,1-4H2,(H2,13,16)(H,14,15). The van der Waals surface area contributed by atoms with Crippen LogP contribution >= 0.6 is 27.5 Å². The van der Waals surface area contributed by atoms with Gasteiger partial charge in [-0.1, -0.05) is 11.6 Å². The van der Waals surface area contributed by atoms with Gasteiger partial charge in [0.2, 0.25) is 5.91 Å². The molecule has 0 atom stereocenters. The number of anilines is 1. The summed E-state index contributed by atoms with van der Waals surface area (Å²) in [7, 11) is 0. The van der Waals surface area contributed by atoms with Crippen LogP contribution < -0.4 is 11.1 Å². The summed E-state index contributed by atoms with van der Waals surface area (Å²) < 4.78 is 0.844. The topological polar surface area (TPSA) is 68.0 Å². The second kappa shape index (κ2) is 6.70. The molecule has 0 bridgehead atoms. The first-order chi connectivity index (χ1) is 7.59. The zero-order valence-corrected chi connectivity index (χ0v) is 11.0. The van der Waals surface area contributed by atoms with Crippen LogP contribution in [0.3, 0.4) is 0 Å². The smallest absolute Gasteiger partial charge is 0.217 e. The van der Waals surface area contributed by atoms with Gasteiger partial charge >= 0.3 is 0 Å². The third-order valence-corrected chi connectivity index (χ3v) is 2.67. The Morgan fingerprint density at radius 1 is 1.56 bits per heavy atom. The van der Waals surface area contributed by atoms with E-state index < -0.39 is 0 Å². The monoisotopic (exact) mass is 305 g/mol. The number of nitrogens with one attached hydrogen (secondary N) is 1. The lowest BCUT2D eigenvalue weighted by atomic mass is 10.2. The van der Waals surface area contributed by atoms with Crippen molar-refractivity contribution in [3.63, 3.8) is 0 Å². The predicted octanol–water partition coefficient (Wildman–Crippen LogP) is 2.56. The van der Waals surface area contributed by atoms with Crippen LogP contribution in [0.2, 0.25) is 5.02 Å². The Morgan fingerprint density at radius 2 is 2.31 bits per heavy atom. The second-order valence-corrected chi connectivity index (χ2v) is 4.66.